The lowest BCUT2D eigenvalue weighted by molar-refractivity contribution is 0.0496. The summed E-state index contributed by atoms with van der Waals surface area (Å²) in [6, 6.07) is 6.00. The lowest BCUT2D eigenvalue weighted by atomic mass is 10.0. The van der Waals surface area contributed by atoms with Crippen LogP contribution in [-0.4, -0.2) is 20.2 Å². The minimum atomic E-state index is 0.196. The lowest BCUT2D eigenvalue weighted by Gasteiger charge is -2.20. The van der Waals surface area contributed by atoms with Gasteiger partial charge in [-0.25, -0.2) is 0 Å². The maximum atomic E-state index is 6.09. The summed E-state index contributed by atoms with van der Waals surface area (Å²) >= 11 is 12.1. The molecule has 0 radical (unpaired) electrons. The number of hydrogen-bond acceptors (Lipinski definition) is 3. The molecule has 1 aliphatic carbocycles. The van der Waals surface area contributed by atoms with Crippen molar-refractivity contribution in [1.29, 1.82) is 0 Å². The van der Waals surface area contributed by atoms with Crippen molar-refractivity contribution in [2.45, 2.75) is 6.04 Å². The molecule has 3 rings (SSSR count). The summed E-state index contributed by atoms with van der Waals surface area (Å²) in [7, 11) is 1.65. The fourth-order valence-corrected chi connectivity index (χ4v) is 3.47. The predicted molar refractivity (Wildman–Crippen MR) is 72.7 cm³/mol. The molecule has 18 heavy (non-hydrogen) atoms. The number of nitrogens with one attached hydrogen (secondary N) is 2. The van der Waals surface area contributed by atoms with Gasteiger partial charge in [0.1, 0.15) is 0 Å². The highest BCUT2D eigenvalue weighted by Gasteiger charge is 2.56. The average Bonchev–Trinajstić information content (AvgIpc) is 2.82. The van der Waals surface area contributed by atoms with E-state index in [4.69, 9.17) is 28.0 Å². The van der Waals surface area contributed by atoms with E-state index in [-0.39, 0.29) is 6.04 Å². The normalized spacial score (nSPS) is 31.2. The van der Waals surface area contributed by atoms with Crippen molar-refractivity contribution in [3.63, 3.8) is 0 Å². The molecule has 1 aliphatic heterocycles. The molecule has 0 spiro atoms. The Kier molecular flexibility index (Phi) is 3.52. The Bertz CT molecular complexity index is 445. The largest absolute Gasteiger partial charge is 0.316 e. The zero-order valence-electron chi connectivity index (χ0n) is 10.1. The Labute approximate surface area is 117 Å². The summed E-state index contributed by atoms with van der Waals surface area (Å²) in [4.78, 5) is 5.15. The molecule has 5 heteroatoms. The smallest absolute Gasteiger partial charge is 0.0606 e. The van der Waals surface area contributed by atoms with E-state index in [1.165, 1.54) is 0 Å². The average molecular weight is 287 g/mol. The quantitative estimate of drug-likeness (QED) is 0.835. The van der Waals surface area contributed by atoms with E-state index in [9.17, 15) is 0 Å². The Morgan fingerprint density at radius 1 is 1.28 bits per heavy atom. The van der Waals surface area contributed by atoms with Gasteiger partial charge in [-0.3, -0.25) is 0 Å². The van der Waals surface area contributed by atoms with Gasteiger partial charge in [-0.15, -0.1) is 0 Å². The number of rotatable bonds is 4. The van der Waals surface area contributed by atoms with E-state index in [0.29, 0.717) is 16.0 Å². The maximum Gasteiger partial charge on any atom is 0.0606 e. The highest BCUT2D eigenvalue weighted by molar-refractivity contribution is 6.42. The zero-order chi connectivity index (χ0) is 12.7. The van der Waals surface area contributed by atoms with Crippen LogP contribution in [0.4, 0.5) is 0 Å². The number of piperidine rings is 1. The molecule has 1 heterocycles. The molecule has 1 saturated heterocycles. The Balaban J connectivity index is 1.83. The molecule has 2 N–H and O–H groups in total. The number of fused-ring (bicyclic) bond motifs is 1. The fourth-order valence-electron chi connectivity index (χ4n) is 3.16. The monoisotopic (exact) mass is 286 g/mol. The van der Waals surface area contributed by atoms with E-state index < -0.39 is 0 Å². The van der Waals surface area contributed by atoms with Gasteiger partial charge < -0.3 is 10.2 Å². The fraction of sp³-hybridized carbons (Fsp3) is 0.538. The molecule has 0 bridgehead atoms. The molecule has 3 nitrogen and oxygen atoms in total. The van der Waals surface area contributed by atoms with Crippen molar-refractivity contribution in [3.8, 4) is 0 Å². The van der Waals surface area contributed by atoms with E-state index >= 15 is 0 Å². The van der Waals surface area contributed by atoms with Gasteiger partial charge in [-0.1, -0.05) is 29.3 Å². The molecule has 98 valence electrons. The topological polar surface area (TPSA) is 33.3 Å². The van der Waals surface area contributed by atoms with Crippen molar-refractivity contribution in [2.24, 2.45) is 17.8 Å². The molecule has 2 fully saturated rings. The lowest BCUT2D eigenvalue weighted by Crippen LogP contribution is -2.27. The summed E-state index contributed by atoms with van der Waals surface area (Å²) < 4.78 is 0. The second-order valence-electron chi connectivity index (χ2n) is 5.04. The molecule has 3 atom stereocenters. The van der Waals surface area contributed by atoms with Gasteiger partial charge in [0.2, 0.25) is 0 Å². The van der Waals surface area contributed by atoms with Gasteiger partial charge >= 0.3 is 0 Å². The first-order valence-corrected chi connectivity index (χ1v) is 6.92. The summed E-state index contributed by atoms with van der Waals surface area (Å²) in [5.74, 6) is 2.14. The molecule has 0 amide bonds. The molecule has 1 aromatic rings. The van der Waals surface area contributed by atoms with Crippen molar-refractivity contribution < 1.29 is 4.84 Å². The minimum Gasteiger partial charge on any atom is -0.316 e. The highest BCUT2D eigenvalue weighted by Crippen LogP contribution is 2.55. The molecule has 1 aromatic carbocycles. The van der Waals surface area contributed by atoms with Crippen molar-refractivity contribution in [3.05, 3.63) is 33.8 Å². The van der Waals surface area contributed by atoms with E-state index in [1.807, 2.05) is 18.2 Å². The number of halogens is 2. The standard InChI is InChI=1S/C13H16Cl2N2O/c1-18-17-13(12-8-5-16-6-9(8)12)7-2-3-10(14)11(15)4-7/h2-4,8-9,12-13,16-17H,5-6H2,1H3. The first-order valence-electron chi connectivity index (χ1n) is 6.16. The third kappa shape index (κ3) is 2.15. The second kappa shape index (κ2) is 4.99. The first kappa shape index (κ1) is 12.7. The van der Waals surface area contributed by atoms with Crippen molar-refractivity contribution >= 4 is 23.2 Å². The van der Waals surface area contributed by atoms with Crippen LogP contribution in [0.15, 0.2) is 18.2 Å². The minimum absolute atomic E-state index is 0.196. The summed E-state index contributed by atoms with van der Waals surface area (Å²) in [5, 5.41) is 4.59. The summed E-state index contributed by atoms with van der Waals surface area (Å²) in [6.07, 6.45) is 0. The molecular weight excluding hydrogens is 271 g/mol. The highest BCUT2D eigenvalue weighted by atomic mass is 35.5. The number of hydroxylamine groups is 1. The van der Waals surface area contributed by atoms with Gasteiger partial charge in [0.05, 0.1) is 23.2 Å². The van der Waals surface area contributed by atoms with E-state index in [1.54, 1.807) is 7.11 Å². The van der Waals surface area contributed by atoms with Gasteiger partial charge in [0.15, 0.2) is 0 Å². The van der Waals surface area contributed by atoms with Gasteiger partial charge in [0.25, 0.3) is 0 Å². The summed E-state index contributed by atoms with van der Waals surface area (Å²) in [6.45, 7) is 2.22. The first-order chi connectivity index (χ1) is 8.72. The Morgan fingerprint density at radius 2 is 2.00 bits per heavy atom. The number of hydrogen-bond donors (Lipinski definition) is 2. The Hall–Kier alpha value is -0.320. The van der Waals surface area contributed by atoms with Crippen LogP contribution in [0, 0.1) is 17.8 Å². The van der Waals surface area contributed by atoms with Gasteiger partial charge in [-0.2, -0.15) is 5.48 Å². The molecule has 2 aliphatic rings. The van der Waals surface area contributed by atoms with Crippen LogP contribution in [-0.2, 0) is 4.84 Å². The molecule has 3 unspecified atom stereocenters. The predicted octanol–water partition coefficient (Wildman–Crippen LogP) is 2.65. The van der Waals surface area contributed by atoms with Crippen LogP contribution in [0.25, 0.3) is 0 Å². The van der Waals surface area contributed by atoms with Crippen LogP contribution in [0.1, 0.15) is 11.6 Å². The van der Waals surface area contributed by atoms with Crippen molar-refractivity contribution in [1.82, 2.24) is 10.8 Å². The third-order valence-electron chi connectivity index (χ3n) is 4.09. The van der Waals surface area contributed by atoms with Crippen LogP contribution in [0.5, 0.6) is 0 Å². The third-order valence-corrected chi connectivity index (χ3v) is 4.83. The van der Waals surface area contributed by atoms with Gasteiger partial charge in [0, 0.05) is 0 Å². The maximum absolute atomic E-state index is 6.09. The van der Waals surface area contributed by atoms with Gasteiger partial charge in [-0.05, 0) is 48.5 Å². The molecule has 0 aromatic heterocycles. The van der Waals surface area contributed by atoms with E-state index in [2.05, 4.69) is 10.8 Å². The van der Waals surface area contributed by atoms with Crippen LogP contribution in [0.2, 0.25) is 10.0 Å². The zero-order valence-corrected chi connectivity index (χ0v) is 11.6. The molecule has 1 saturated carbocycles. The Morgan fingerprint density at radius 3 is 2.61 bits per heavy atom. The van der Waals surface area contributed by atoms with Crippen LogP contribution >= 0.6 is 23.2 Å². The number of benzene rings is 1. The SMILES string of the molecule is CONC(c1ccc(Cl)c(Cl)c1)C1C2CNCC21. The van der Waals surface area contributed by atoms with Crippen molar-refractivity contribution in [2.75, 3.05) is 20.2 Å². The van der Waals surface area contributed by atoms with Crippen LogP contribution in [0.3, 0.4) is 0 Å². The van der Waals surface area contributed by atoms with E-state index in [0.717, 1.165) is 30.5 Å². The summed E-state index contributed by atoms with van der Waals surface area (Å²) in [5.41, 5.74) is 4.25. The van der Waals surface area contributed by atoms with Crippen LogP contribution < -0.4 is 10.8 Å². The second-order valence-corrected chi connectivity index (χ2v) is 5.85. The molecular formula is C13H16Cl2N2O.